The Hall–Kier alpha value is -4.16. The highest BCUT2D eigenvalue weighted by Gasteiger charge is 2.38. The Kier molecular flexibility index (Phi) is 7.88. The molecular formula is C18H20N4O9. The molecule has 0 unspecified atom stereocenters. The minimum atomic E-state index is -1.53. The number of alkyl carbamates (subject to hydrolysis) is 1. The van der Waals surface area contributed by atoms with Gasteiger partial charge in [-0.1, -0.05) is 30.3 Å². The van der Waals surface area contributed by atoms with Gasteiger partial charge in [0.15, 0.2) is 0 Å². The quantitative estimate of drug-likeness (QED) is 0.328. The second kappa shape index (κ2) is 10.6. The Morgan fingerprint density at radius 2 is 1.74 bits per heavy atom. The zero-order valence-corrected chi connectivity index (χ0v) is 16.1. The van der Waals surface area contributed by atoms with Crippen LogP contribution in [-0.4, -0.2) is 88.1 Å². The molecule has 2 rings (SSSR count). The highest BCUT2D eigenvalue weighted by atomic mass is 16.5. The zero-order valence-electron chi connectivity index (χ0n) is 16.1. The molecule has 166 valence electrons. The molecule has 4 N–H and O–H groups in total. The van der Waals surface area contributed by atoms with Crippen molar-refractivity contribution in [3.05, 3.63) is 35.9 Å². The fraction of sp³-hybridized carbons (Fsp3) is 0.333. The van der Waals surface area contributed by atoms with E-state index in [-0.39, 0.29) is 6.61 Å². The molecule has 1 aliphatic heterocycles. The van der Waals surface area contributed by atoms with Crippen LogP contribution in [-0.2, 0) is 30.5 Å². The molecular weight excluding hydrogens is 416 g/mol. The molecule has 1 fully saturated rings. The average molecular weight is 436 g/mol. The van der Waals surface area contributed by atoms with Gasteiger partial charge >= 0.3 is 24.1 Å². The van der Waals surface area contributed by atoms with Crippen LogP contribution in [0.1, 0.15) is 5.56 Å². The van der Waals surface area contributed by atoms with E-state index in [4.69, 9.17) is 9.84 Å². The van der Waals surface area contributed by atoms with Crippen molar-refractivity contribution in [3.8, 4) is 0 Å². The minimum Gasteiger partial charge on any atom is -0.480 e. The number of carboxylic acid groups (broad SMARTS) is 2. The number of nitrogens with one attached hydrogen (secondary N) is 2. The third-order valence-corrected chi connectivity index (χ3v) is 4.06. The van der Waals surface area contributed by atoms with Crippen LogP contribution < -0.4 is 10.6 Å². The van der Waals surface area contributed by atoms with Gasteiger partial charge in [-0.25, -0.2) is 14.4 Å². The molecule has 1 saturated heterocycles. The van der Waals surface area contributed by atoms with Crippen molar-refractivity contribution in [2.75, 3.05) is 26.2 Å². The summed E-state index contributed by atoms with van der Waals surface area (Å²) in [7, 11) is 0. The lowest BCUT2D eigenvalue weighted by Gasteiger charge is -2.17. The maximum atomic E-state index is 12.0. The Morgan fingerprint density at radius 1 is 1.06 bits per heavy atom. The summed E-state index contributed by atoms with van der Waals surface area (Å²) < 4.78 is 4.92. The number of carbonyl (C=O) groups excluding carboxylic acids is 4. The summed E-state index contributed by atoms with van der Waals surface area (Å²) in [4.78, 5) is 70.9. The molecule has 1 atom stereocenters. The van der Waals surface area contributed by atoms with Gasteiger partial charge < -0.3 is 30.5 Å². The molecule has 0 radical (unpaired) electrons. The molecule has 31 heavy (non-hydrogen) atoms. The summed E-state index contributed by atoms with van der Waals surface area (Å²) in [6.45, 7) is -2.52. The summed E-state index contributed by atoms with van der Waals surface area (Å²) >= 11 is 0. The average Bonchev–Trinajstić information content (AvgIpc) is 2.96. The van der Waals surface area contributed by atoms with E-state index >= 15 is 0 Å². The minimum absolute atomic E-state index is 0.0859. The van der Waals surface area contributed by atoms with Gasteiger partial charge in [0.05, 0.1) is 0 Å². The SMILES string of the molecule is O=C(O)CN1CC(=O)N(CC(=O)NC[C@H](NC(=O)OCc2ccccc2)C(=O)O)C1=O. The Bertz CT molecular complexity index is 874. The van der Waals surface area contributed by atoms with Crippen LogP contribution >= 0.6 is 0 Å². The molecule has 13 nitrogen and oxygen atoms in total. The summed E-state index contributed by atoms with van der Waals surface area (Å²) in [6.07, 6.45) is -1.01. The first kappa shape index (κ1) is 23.1. The van der Waals surface area contributed by atoms with Crippen LogP contribution in [0.2, 0.25) is 0 Å². The molecule has 5 amide bonds. The number of rotatable bonds is 10. The van der Waals surface area contributed by atoms with Gasteiger partial charge in [-0.15, -0.1) is 0 Å². The van der Waals surface area contributed by atoms with E-state index in [1.54, 1.807) is 30.3 Å². The van der Waals surface area contributed by atoms with Crippen molar-refractivity contribution in [1.82, 2.24) is 20.4 Å². The monoisotopic (exact) mass is 436 g/mol. The molecule has 1 aromatic rings. The van der Waals surface area contributed by atoms with Gasteiger partial charge in [-0.3, -0.25) is 19.3 Å². The van der Waals surface area contributed by atoms with Crippen LogP contribution in [0.4, 0.5) is 9.59 Å². The first-order valence-corrected chi connectivity index (χ1v) is 8.95. The lowest BCUT2D eigenvalue weighted by molar-refractivity contribution is -0.140. The number of urea groups is 1. The van der Waals surface area contributed by atoms with E-state index in [0.29, 0.717) is 10.5 Å². The van der Waals surface area contributed by atoms with Gasteiger partial charge in [0, 0.05) is 6.54 Å². The largest absolute Gasteiger partial charge is 0.480 e. The van der Waals surface area contributed by atoms with Crippen molar-refractivity contribution in [3.63, 3.8) is 0 Å². The molecule has 0 bridgehead atoms. The number of amides is 5. The number of hydrogen-bond acceptors (Lipinski definition) is 7. The molecule has 0 aromatic heterocycles. The molecule has 0 aliphatic carbocycles. The summed E-state index contributed by atoms with van der Waals surface area (Å²) in [5, 5.41) is 22.2. The molecule has 0 spiro atoms. The number of aliphatic carboxylic acids is 2. The number of carboxylic acids is 2. The van der Waals surface area contributed by atoms with Crippen molar-refractivity contribution in [1.29, 1.82) is 0 Å². The smallest absolute Gasteiger partial charge is 0.408 e. The molecule has 0 saturated carbocycles. The third-order valence-electron chi connectivity index (χ3n) is 4.06. The fourth-order valence-electron chi connectivity index (χ4n) is 2.56. The Balaban J connectivity index is 1.81. The third kappa shape index (κ3) is 6.99. The first-order chi connectivity index (χ1) is 14.7. The number of nitrogens with zero attached hydrogens (tertiary/aromatic N) is 2. The predicted octanol–water partition coefficient (Wildman–Crippen LogP) is -1.17. The van der Waals surface area contributed by atoms with E-state index in [9.17, 15) is 33.9 Å². The first-order valence-electron chi connectivity index (χ1n) is 8.95. The van der Waals surface area contributed by atoms with Gasteiger partial charge in [0.1, 0.15) is 32.3 Å². The topological polar surface area (TPSA) is 183 Å². The number of imide groups is 1. The summed E-state index contributed by atoms with van der Waals surface area (Å²) in [6, 6.07) is 6.20. The van der Waals surface area contributed by atoms with Crippen molar-refractivity contribution in [2.45, 2.75) is 12.6 Å². The van der Waals surface area contributed by atoms with Crippen LogP contribution in [0, 0.1) is 0 Å². The standard InChI is InChI=1S/C18H20N4O9/c23-13(7-22-14(24)8-21(18(22)30)9-15(25)26)19-6-12(16(27)28)20-17(29)31-10-11-4-2-1-3-5-11/h1-5,12H,6-10H2,(H,19,23)(H,20,29)(H,25,26)(H,27,28)/t12-/m0/s1. The lowest BCUT2D eigenvalue weighted by atomic mass is 10.2. The van der Waals surface area contributed by atoms with E-state index in [2.05, 4.69) is 10.6 Å². The van der Waals surface area contributed by atoms with Gasteiger partial charge in [0.25, 0.3) is 5.91 Å². The maximum Gasteiger partial charge on any atom is 0.408 e. The molecule has 1 aromatic carbocycles. The zero-order chi connectivity index (χ0) is 23.0. The summed E-state index contributed by atoms with van der Waals surface area (Å²) in [5.74, 6) is -4.40. The molecule has 1 aliphatic rings. The number of ether oxygens (including phenoxy) is 1. The second-order valence-electron chi connectivity index (χ2n) is 6.41. The van der Waals surface area contributed by atoms with Crippen molar-refractivity contribution >= 4 is 35.9 Å². The van der Waals surface area contributed by atoms with Crippen LogP contribution in [0.3, 0.4) is 0 Å². The second-order valence-corrected chi connectivity index (χ2v) is 6.41. The number of carbonyl (C=O) groups is 6. The molecule has 1 heterocycles. The Morgan fingerprint density at radius 3 is 2.35 bits per heavy atom. The van der Waals surface area contributed by atoms with E-state index in [1.807, 2.05) is 0 Å². The summed E-state index contributed by atoms with van der Waals surface area (Å²) in [5.41, 5.74) is 0.690. The predicted molar refractivity (Wildman–Crippen MR) is 101 cm³/mol. The number of benzene rings is 1. The van der Waals surface area contributed by atoms with Gasteiger partial charge in [0.2, 0.25) is 5.91 Å². The van der Waals surface area contributed by atoms with Crippen molar-refractivity contribution in [2.24, 2.45) is 0 Å². The van der Waals surface area contributed by atoms with Crippen molar-refractivity contribution < 1.29 is 43.7 Å². The maximum absolute atomic E-state index is 12.0. The normalized spacial score (nSPS) is 14.2. The van der Waals surface area contributed by atoms with Crippen LogP contribution in [0.5, 0.6) is 0 Å². The fourth-order valence-corrected chi connectivity index (χ4v) is 2.56. The highest BCUT2D eigenvalue weighted by Crippen LogP contribution is 2.09. The van der Waals surface area contributed by atoms with E-state index in [1.165, 1.54) is 0 Å². The lowest BCUT2D eigenvalue weighted by Crippen LogP contribution is -2.50. The van der Waals surface area contributed by atoms with Gasteiger partial charge in [-0.2, -0.15) is 0 Å². The highest BCUT2D eigenvalue weighted by molar-refractivity contribution is 6.05. The molecule has 13 heteroatoms. The number of hydrogen-bond donors (Lipinski definition) is 4. The van der Waals surface area contributed by atoms with Crippen LogP contribution in [0.25, 0.3) is 0 Å². The van der Waals surface area contributed by atoms with Crippen LogP contribution in [0.15, 0.2) is 30.3 Å². The van der Waals surface area contributed by atoms with Gasteiger partial charge in [-0.05, 0) is 5.56 Å². The van der Waals surface area contributed by atoms with E-state index in [0.717, 1.165) is 4.90 Å². The van der Waals surface area contributed by atoms with E-state index < -0.39 is 68.1 Å². The Labute approximate surface area is 175 Å².